The van der Waals surface area contributed by atoms with Gasteiger partial charge in [0, 0.05) is 0 Å². The summed E-state index contributed by atoms with van der Waals surface area (Å²) in [7, 11) is 0. The van der Waals surface area contributed by atoms with E-state index in [1.165, 1.54) is 24.0 Å². The number of esters is 1. The van der Waals surface area contributed by atoms with Gasteiger partial charge in [-0.15, -0.1) is 0 Å². The van der Waals surface area contributed by atoms with E-state index in [1.54, 1.807) is 24.3 Å². The second-order valence-electron chi connectivity index (χ2n) is 15.1. The van der Waals surface area contributed by atoms with E-state index in [-0.39, 0.29) is 45.6 Å². The number of aromatic nitrogens is 3. The summed E-state index contributed by atoms with van der Waals surface area (Å²) in [5.41, 5.74) is 4.63. The van der Waals surface area contributed by atoms with Crippen molar-refractivity contribution in [1.82, 2.24) is 14.8 Å². The van der Waals surface area contributed by atoms with Gasteiger partial charge in [-0.05, 0) is 121 Å². The lowest BCUT2D eigenvalue weighted by atomic mass is 9.46. The number of allylic oxidation sites excluding steroid dienone is 1. The quantitative estimate of drug-likeness (QED) is 0.176. The smallest absolute Gasteiger partial charge is 0.374 e. The number of ether oxygens (including phenoxy) is 1. The molecule has 4 aliphatic carbocycles. The Morgan fingerprint density at radius 3 is 2.73 bits per heavy atom. The number of furan rings is 1. The Morgan fingerprint density at radius 2 is 1.94 bits per heavy atom. The molecule has 11 heteroatoms. The van der Waals surface area contributed by atoms with Crippen molar-refractivity contribution in [1.29, 1.82) is 0 Å². The highest BCUT2D eigenvalue weighted by Crippen LogP contribution is 2.67. The third kappa shape index (κ3) is 5.22. The molecule has 3 aromatic heterocycles. The van der Waals surface area contributed by atoms with Crippen LogP contribution in [0.15, 0.2) is 87.5 Å². The number of rotatable bonds is 6. The summed E-state index contributed by atoms with van der Waals surface area (Å²) < 4.78 is 33.0. The zero-order valence-electron chi connectivity index (χ0n) is 28.3. The van der Waals surface area contributed by atoms with E-state index in [9.17, 15) is 19.1 Å². The first-order chi connectivity index (χ1) is 24.6. The first-order valence-corrected chi connectivity index (χ1v) is 18.6. The standard InChI is InChI=1S/C40H38FN3O6S/c1-39-18-22-20-42-44(25-12-10-24(41)11-13-25)29(22)16-23(39)9-14-26-27-17-33(50-37(46)32-8-5-15-48-32)36(40(27,2)19-30(45)35(26)39)38(47)51-21-34-43-28-6-3-4-7-31(28)49-34/h3-8,10-13,15-16,20,26-27,30,33,35-36,45H,9,14,17-19,21H2,1-2H3. The topological polar surface area (TPSA) is 121 Å². The van der Waals surface area contributed by atoms with Crippen LogP contribution in [0, 0.1) is 40.3 Å². The van der Waals surface area contributed by atoms with Gasteiger partial charge >= 0.3 is 5.97 Å². The van der Waals surface area contributed by atoms with Crippen molar-refractivity contribution in [3.05, 3.63) is 107 Å². The molecule has 2 aromatic carbocycles. The minimum atomic E-state index is -0.677. The maximum atomic E-state index is 14.4. The largest absolute Gasteiger partial charge is 0.457 e. The molecule has 0 amide bonds. The SMILES string of the molecule is CC12Cc3cnn(-c4ccc(F)cc4)c3C=C1CCC1C2C(O)CC2(C)C1CC(OC(=O)c1ccco1)C2C(=O)SCc1nc2ccccc2o1. The van der Waals surface area contributed by atoms with E-state index in [2.05, 4.69) is 24.9 Å². The molecule has 51 heavy (non-hydrogen) atoms. The molecule has 9 rings (SSSR count). The van der Waals surface area contributed by atoms with Crippen LogP contribution in [0.5, 0.6) is 0 Å². The number of para-hydroxylation sites is 2. The van der Waals surface area contributed by atoms with Gasteiger partial charge in [0.25, 0.3) is 0 Å². The first-order valence-electron chi connectivity index (χ1n) is 17.6. The third-order valence-electron chi connectivity index (χ3n) is 12.4. The van der Waals surface area contributed by atoms with Crippen LogP contribution in [0.1, 0.15) is 67.2 Å². The molecule has 5 aromatic rings. The van der Waals surface area contributed by atoms with Crippen LogP contribution in [0.2, 0.25) is 0 Å². The minimum absolute atomic E-state index is 0.0425. The van der Waals surface area contributed by atoms with Crippen LogP contribution in [0.4, 0.5) is 4.39 Å². The summed E-state index contributed by atoms with van der Waals surface area (Å²) in [6.45, 7) is 4.38. The van der Waals surface area contributed by atoms with E-state index in [0.717, 1.165) is 53.5 Å². The zero-order valence-corrected chi connectivity index (χ0v) is 29.1. The number of thioether (sulfide) groups is 1. The van der Waals surface area contributed by atoms with Gasteiger partial charge in [-0.25, -0.2) is 18.9 Å². The number of aliphatic hydroxyl groups is 1. The number of carbonyl (C=O) groups excluding carboxylic acids is 2. The van der Waals surface area contributed by atoms with Gasteiger partial charge in [0.1, 0.15) is 17.4 Å². The zero-order chi connectivity index (χ0) is 35.1. The summed E-state index contributed by atoms with van der Waals surface area (Å²) in [6, 6.07) is 17.0. The molecule has 8 unspecified atom stereocenters. The minimum Gasteiger partial charge on any atom is -0.457 e. The summed E-state index contributed by atoms with van der Waals surface area (Å²) in [5.74, 6) is -0.622. The van der Waals surface area contributed by atoms with E-state index in [1.807, 2.05) is 35.1 Å². The van der Waals surface area contributed by atoms with Crippen LogP contribution < -0.4 is 0 Å². The fraction of sp³-hybridized carbons (Fsp3) is 0.400. The number of hydrogen-bond acceptors (Lipinski definition) is 9. The number of oxazole rings is 1. The average Bonchev–Trinajstić information content (AvgIpc) is 3.91. The fourth-order valence-electron chi connectivity index (χ4n) is 10.3. The van der Waals surface area contributed by atoms with E-state index in [0.29, 0.717) is 24.3 Å². The van der Waals surface area contributed by atoms with Gasteiger partial charge in [-0.1, -0.05) is 43.3 Å². The van der Waals surface area contributed by atoms with Crippen molar-refractivity contribution in [3.8, 4) is 5.69 Å². The molecular weight excluding hydrogens is 670 g/mol. The second kappa shape index (κ2) is 12.1. The number of nitrogens with zero attached hydrogens (tertiary/aromatic N) is 3. The number of hydrogen-bond donors (Lipinski definition) is 1. The molecule has 8 atom stereocenters. The van der Waals surface area contributed by atoms with Crippen LogP contribution in [0.25, 0.3) is 22.9 Å². The normalized spacial score (nSPS) is 30.9. The Morgan fingerprint density at radius 1 is 1.12 bits per heavy atom. The van der Waals surface area contributed by atoms with Crippen LogP contribution >= 0.6 is 11.8 Å². The first kappa shape index (κ1) is 32.4. The summed E-state index contributed by atoms with van der Waals surface area (Å²) in [4.78, 5) is 32.2. The Labute approximate surface area is 298 Å². The van der Waals surface area contributed by atoms with Gasteiger partial charge in [-0.3, -0.25) is 4.79 Å². The second-order valence-corrected chi connectivity index (χ2v) is 16.1. The highest BCUT2D eigenvalue weighted by Gasteiger charge is 2.66. The van der Waals surface area contributed by atoms with Crippen molar-refractivity contribution < 1.29 is 32.7 Å². The van der Waals surface area contributed by atoms with Crippen molar-refractivity contribution >= 4 is 40.0 Å². The molecule has 0 saturated heterocycles. The Bertz CT molecular complexity index is 2140. The summed E-state index contributed by atoms with van der Waals surface area (Å²) in [5, 5.41) is 16.8. The number of fused-ring (bicyclic) bond motifs is 7. The van der Waals surface area contributed by atoms with Crippen LogP contribution in [0.3, 0.4) is 0 Å². The molecule has 0 spiro atoms. The van der Waals surface area contributed by atoms with Gasteiger partial charge in [0.15, 0.2) is 10.7 Å². The molecule has 0 radical (unpaired) electrons. The van der Waals surface area contributed by atoms with Gasteiger partial charge in [-0.2, -0.15) is 5.10 Å². The Kier molecular flexibility index (Phi) is 7.66. The fourth-order valence-corrected chi connectivity index (χ4v) is 11.3. The molecule has 4 aliphatic rings. The highest BCUT2D eigenvalue weighted by molar-refractivity contribution is 8.13. The predicted molar refractivity (Wildman–Crippen MR) is 188 cm³/mol. The number of aliphatic hydroxyl groups excluding tert-OH is 1. The van der Waals surface area contributed by atoms with Crippen molar-refractivity contribution in [2.75, 3.05) is 0 Å². The van der Waals surface area contributed by atoms with Gasteiger partial charge in [0.2, 0.25) is 11.7 Å². The van der Waals surface area contributed by atoms with Crippen LogP contribution in [-0.2, 0) is 21.7 Å². The average molecular weight is 708 g/mol. The van der Waals surface area contributed by atoms with Gasteiger partial charge in [0.05, 0.1) is 41.6 Å². The number of halogens is 1. The molecule has 3 heterocycles. The number of benzene rings is 2. The van der Waals surface area contributed by atoms with Gasteiger partial charge < -0.3 is 18.7 Å². The Balaban J connectivity index is 1.02. The van der Waals surface area contributed by atoms with Crippen LogP contribution in [-0.4, -0.2) is 43.2 Å². The molecule has 1 N–H and O–H groups in total. The molecular formula is C40H38FN3O6S. The summed E-state index contributed by atoms with van der Waals surface area (Å²) >= 11 is 1.14. The van der Waals surface area contributed by atoms with E-state index < -0.39 is 29.5 Å². The van der Waals surface area contributed by atoms with Crippen molar-refractivity contribution in [2.45, 2.75) is 63.9 Å². The Hall–Kier alpha value is -4.48. The maximum absolute atomic E-state index is 14.4. The molecule has 0 bridgehead atoms. The number of carbonyl (C=O) groups is 2. The summed E-state index contributed by atoms with van der Waals surface area (Å²) in [6.07, 6.45) is 7.55. The van der Waals surface area contributed by atoms with Crippen molar-refractivity contribution in [2.24, 2.45) is 34.5 Å². The maximum Gasteiger partial charge on any atom is 0.374 e. The highest BCUT2D eigenvalue weighted by atomic mass is 32.2. The lowest BCUT2D eigenvalue weighted by molar-refractivity contribution is -0.138. The lowest BCUT2D eigenvalue weighted by Gasteiger charge is -2.59. The predicted octanol–water partition coefficient (Wildman–Crippen LogP) is 7.81. The van der Waals surface area contributed by atoms with E-state index >= 15 is 0 Å². The monoisotopic (exact) mass is 707 g/mol. The third-order valence-corrected chi connectivity index (χ3v) is 13.3. The lowest BCUT2D eigenvalue weighted by Crippen LogP contribution is -2.57. The van der Waals surface area contributed by atoms with Crippen molar-refractivity contribution in [3.63, 3.8) is 0 Å². The molecule has 262 valence electrons. The molecule has 9 nitrogen and oxygen atoms in total. The van der Waals surface area contributed by atoms with E-state index in [4.69, 9.17) is 18.7 Å². The molecule has 0 aliphatic heterocycles. The molecule has 3 saturated carbocycles. The molecule has 3 fully saturated rings.